The number of nitrogens with one attached hydrogen (secondary N) is 2. The molecule has 26 heavy (non-hydrogen) atoms. The van der Waals surface area contributed by atoms with E-state index in [1.165, 1.54) is 41.5 Å². The van der Waals surface area contributed by atoms with Gasteiger partial charge in [0, 0.05) is 18.5 Å². The lowest BCUT2D eigenvalue weighted by atomic mass is 10.1. The second-order valence-corrected chi connectivity index (χ2v) is 6.40. The maximum atomic E-state index is 14.3. The van der Waals surface area contributed by atoms with Crippen LogP contribution in [0, 0.1) is 5.82 Å². The van der Waals surface area contributed by atoms with Crippen molar-refractivity contribution >= 4 is 40.1 Å². The SMILES string of the molecule is CC(=O)NCC1CN(c2ccc(C(=O)Nc3nccs3)c(F)c2)C(=O)O1. The minimum Gasteiger partial charge on any atom is -0.442 e. The molecule has 10 heteroatoms. The van der Waals surface area contributed by atoms with E-state index in [1.807, 2.05) is 0 Å². The number of carbonyl (C=O) groups is 3. The minimum atomic E-state index is -0.769. The van der Waals surface area contributed by atoms with E-state index in [2.05, 4.69) is 15.6 Å². The summed E-state index contributed by atoms with van der Waals surface area (Å²) in [6.07, 6.45) is 0.359. The zero-order valence-corrected chi connectivity index (χ0v) is 14.5. The van der Waals surface area contributed by atoms with Crippen molar-refractivity contribution in [3.63, 3.8) is 0 Å². The highest BCUT2D eigenvalue weighted by Gasteiger charge is 2.33. The van der Waals surface area contributed by atoms with Crippen molar-refractivity contribution in [2.75, 3.05) is 23.3 Å². The summed E-state index contributed by atoms with van der Waals surface area (Å²) in [5, 5.41) is 7.11. The molecule has 3 amide bonds. The van der Waals surface area contributed by atoms with E-state index in [-0.39, 0.29) is 30.2 Å². The zero-order valence-electron chi connectivity index (χ0n) is 13.7. The Kier molecular flexibility index (Phi) is 5.12. The van der Waals surface area contributed by atoms with Crippen LogP contribution < -0.4 is 15.5 Å². The normalized spacial score (nSPS) is 16.3. The lowest BCUT2D eigenvalue weighted by Crippen LogP contribution is -2.33. The van der Waals surface area contributed by atoms with E-state index in [9.17, 15) is 18.8 Å². The van der Waals surface area contributed by atoms with Crippen molar-refractivity contribution in [2.24, 2.45) is 0 Å². The summed E-state index contributed by atoms with van der Waals surface area (Å²) >= 11 is 1.22. The van der Waals surface area contributed by atoms with E-state index in [1.54, 1.807) is 5.38 Å². The quantitative estimate of drug-likeness (QED) is 0.829. The summed E-state index contributed by atoms with van der Waals surface area (Å²) in [6, 6.07) is 3.85. The Morgan fingerprint density at radius 3 is 2.92 bits per heavy atom. The van der Waals surface area contributed by atoms with Gasteiger partial charge in [0.05, 0.1) is 24.3 Å². The molecule has 1 saturated heterocycles. The maximum Gasteiger partial charge on any atom is 0.414 e. The third-order valence-corrected chi connectivity index (χ3v) is 4.30. The maximum absolute atomic E-state index is 14.3. The minimum absolute atomic E-state index is 0.161. The third-order valence-electron chi connectivity index (χ3n) is 3.61. The third kappa shape index (κ3) is 3.97. The molecule has 0 saturated carbocycles. The first-order chi connectivity index (χ1) is 12.4. The first-order valence-corrected chi connectivity index (χ1v) is 8.55. The van der Waals surface area contributed by atoms with E-state index >= 15 is 0 Å². The standard InChI is InChI=1S/C16H15FN4O4S/c1-9(22)19-7-11-8-21(16(24)25-11)10-2-3-12(13(17)6-10)14(23)20-15-18-4-5-26-15/h2-6,11H,7-8H2,1H3,(H,19,22)(H,18,20,23). The van der Waals surface area contributed by atoms with Crippen LogP contribution in [0.3, 0.4) is 0 Å². The summed E-state index contributed by atoms with van der Waals surface area (Å²) in [5.41, 5.74) is 0.106. The predicted octanol–water partition coefficient (Wildman–Crippen LogP) is 2.00. The van der Waals surface area contributed by atoms with Crippen molar-refractivity contribution in [3.8, 4) is 0 Å². The molecule has 0 aliphatic carbocycles. The van der Waals surface area contributed by atoms with Gasteiger partial charge in [-0.25, -0.2) is 14.2 Å². The number of hydrogen-bond donors (Lipinski definition) is 2. The number of hydrogen-bond acceptors (Lipinski definition) is 6. The molecule has 1 atom stereocenters. The smallest absolute Gasteiger partial charge is 0.414 e. The Balaban J connectivity index is 1.70. The molecule has 3 rings (SSSR count). The highest BCUT2D eigenvalue weighted by Crippen LogP contribution is 2.24. The summed E-state index contributed by atoms with van der Waals surface area (Å²) in [6.45, 7) is 1.71. The molecule has 0 bridgehead atoms. The first-order valence-electron chi connectivity index (χ1n) is 7.67. The van der Waals surface area contributed by atoms with Gasteiger partial charge in [-0.05, 0) is 18.2 Å². The summed E-state index contributed by atoms with van der Waals surface area (Å²) in [4.78, 5) is 40.1. The van der Waals surface area contributed by atoms with Crippen molar-refractivity contribution in [2.45, 2.75) is 13.0 Å². The van der Waals surface area contributed by atoms with Crippen LogP contribution >= 0.6 is 11.3 Å². The predicted molar refractivity (Wildman–Crippen MR) is 92.8 cm³/mol. The van der Waals surface area contributed by atoms with E-state index < -0.39 is 23.9 Å². The van der Waals surface area contributed by atoms with Crippen LogP contribution in [0.15, 0.2) is 29.8 Å². The molecule has 1 fully saturated rings. The van der Waals surface area contributed by atoms with Crippen LogP contribution in [0.5, 0.6) is 0 Å². The highest BCUT2D eigenvalue weighted by atomic mass is 32.1. The van der Waals surface area contributed by atoms with Gasteiger partial charge in [0.1, 0.15) is 11.9 Å². The summed E-state index contributed by atoms with van der Waals surface area (Å²) in [7, 11) is 0. The number of benzene rings is 1. The largest absolute Gasteiger partial charge is 0.442 e. The van der Waals surface area contributed by atoms with Crippen LogP contribution in [0.25, 0.3) is 0 Å². The molecule has 1 unspecified atom stereocenters. The molecular formula is C16H15FN4O4S. The van der Waals surface area contributed by atoms with E-state index in [4.69, 9.17) is 4.74 Å². The fourth-order valence-corrected chi connectivity index (χ4v) is 2.93. The van der Waals surface area contributed by atoms with Crippen molar-refractivity contribution in [1.29, 1.82) is 0 Å². The Bertz CT molecular complexity index is 843. The first kappa shape index (κ1) is 17.8. The number of rotatable bonds is 5. The molecule has 136 valence electrons. The van der Waals surface area contributed by atoms with Crippen LogP contribution in [0.4, 0.5) is 20.0 Å². The van der Waals surface area contributed by atoms with Crippen molar-refractivity contribution < 1.29 is 23.5 Å². The fraction of sp³-hybridized carbons (Fsp3) is 0.250. The lowest BCUT2D eigenvalue weighted by Gasteiger charge is -2.14. The number of aromatic nitrogens is 1. The van der Waals surface area contributed by atoms with E-state index in [0.29, 0.717) is 5.13 Å². The second-order valence-electron chi connectivity index (χ2n) is 5.51. The van der Waals surface area contributed by atoms with Crippen LogP contribution in [-0.4, -0.2) is 42.1 Å². The average molecular weight is 378 g/mol. The Morgan fingerprint density at radius 1 is 1.46 bits per heavy atom. The van der Waals surface area contributed by atoms with Gasteiger partial charge in [0.2, 0.25) is 5.91 Å². The van der Waals surface area contributed by atoms with Gasteiger partial charge in [-0.3, -0.25) is 19.8 Å². The number of ether oxygens (including phenoxy) is 1. The Hall–Kier alpha value is -3.01. The van der Waals surface area contributed by atoms with Gasteiger partial charge in [-0.2, -0.15) is 0 Å². The molecule has 8 nitrogen and oxygen atoms in total. The van der Waals surface area contributed by atoms with Crippen molar-refractivity contribution in [3.05, 3.63) is 41.2 Å². The Morgan fingerprint density at radius 2 is 2.27 bits per heavy atom. The number of anilines is 2. The molecule has 1 aromatic heterocycles. The average Bonchev–Trinajstić information content (AvgIpc) is 3.22. The molecule has 2 aromatic rings. The topological polar surface area (TPSA) is 101 Å². The monoisotopic (exact) mass is 378 g/mol. The van der Waals surface area contributed by atoms with Gasteiger partial charge in [-0.1, -0.05) is 0 Å². The molecule has 1 aliphatic rings. The number of halogens is 1. The number of cyclic esters (lactones) is 1. The number of nitrogens with zero attached hydrogens (tertiary/aromatic N) is 2. The lowest BCUT2D eigenvalue weighted by molar-refractivity contribution is -0.119. The zero-order chi connectivity index (χ0) is 18.7. The van der Waals surface area contributed by atoms with Gasteiger partial charge >= 0.3 is 6.09 Å². The number of thiazole rings is 1. The van der Waals surface area contributed by atoms with Crippen LogP contribution in [0.1, 0.15) is 17.3 Å². The van der Waals surface area contributed by atoms with Crippen LogP contribution in [-0.2, 0) is 9.53 Å². The van der Waals surface area contributed by atoms with Gasteiger partial charge in [-0.15, -0.1) is 11.3 Å². The second kappa shape index (κ2) is 7.48. The molecular weight excluding hydrogens is 363 g/mol. The molecule has 1 aromatic carbocycles. The summed E-state index contributed by atoms with van der Waals surface area (Å²) < 4.78 is 19.5. The van der Waals surface area contributed by atoms with Gasteiger partial charge in [0.15, 0.2) is 5.13 Å². The molecule has 1 aliphatic heterocycles. The van der Waals surface area contributed by atoms with E-state index in [0.717, 1.165) is 6.07 Å². The number of carbonyl (C=O) groups excluding carboxylic acids is 3. The van der Waals surface area contributed by atoms with Gasteiger partial charge < -0.3 is 10.1 Å². The molecule has 2 heterocycles. The molecule has 0 radical (unpaired) electrons. The number of amides is 3. The Labute approximate surface area is 152 Å². The van der Waals surface area contributed by atoms with Crippen molar-refractivity contribution in [1.82, 2.24) is 10.3 Å². The van der Waals surface area contributed by atoms with Gasteiger partial charge in [0.25, 0.3) is 5.91 Å². The molecule has 0 spiro atoms. The molecule has 2 N–H and O–H groups in total. The fourth-order valence-electron chi connectivity index (χ4n) is 2.40. The summed E-state index contributed by atoms with van der Waals surface area (Å²) in [5.74, 6) is -1.63. The highest BCUT2D eigenvalue weighted by molar-refractivity contribution is 7.13. The van der Waals surface area contributed by atoms with Crippen LogP contribution in [0.2, 0.25) is 0 Å².